The Morgan fingerprint density at radius 2 is 2.10 bits per heavy atom. The van der Waals surface area contributed by atoms with Crippen LogP contribution in [0.3, 0.4) is 0 Å². The van der Waals surface area contributed by atoms with Crippen molar-refractivity contribution in [1.82, 2.24) is 15.0 Å². The lowest BCUT2D eigenvalue weighted by Crippen LogP contribution is -2.15. The van der Waals surface area contributed by atoms with Gasteiger partial charge in [0, 0.05) is 12.2 Å². The standard InChI is InChI=1S/C15H14N4S/c1-9-3-4-12-11(7-9)5-6-19(12)14-13-15(17-8-16-14)20-10(2)18-13/h3-4,7-8H,5-6H2,1-2H3. The highest BCUT2D eigenvalue weighted by Crippen LogP contribution is 2.37. The molecule has 4 nitrogen and oxygen atoms in total. The SMILES string of the molecule is Cc1ccc2c(c1)CCN2c1ncnc2sc(C)nc12. The third-order valence-electron chi connectivity index (χ3n) is 3.67. The maximum Gasteiger partial charge on any atom is 0.163 e. The lowest BCUT2D eigenvalue weighted by molar-refractivity contribution is 0.972. The van der Waals surface area contributed by atoms with E-state index in [-0.39, 0.29) is 0 Å². The van der Waals surface area contributed by atoms with Crippen LogP contribution in [0.25, 0.3) is 10.3 Å². The Hall–Kier alpha value is -2.01. The zero-order valence-electron chi connectivity index (χ0n) is 11.4. The van der Waals surface area contributed by atoms with Crippen molar-refractivity contribution in [2.75, 3.05) is 11.4 Å². The molecule has 0 fully saturated rings. The second-order valence-corrected chi connectivity index (χ2v) is 6.30. The molecular formula is C15H14N4S. The summed E-state index contributed by atoms with van der Waals surface area (Å²) in [4.78, 5) is 16.6. The van der Waals surface area contributed by atoms with Crippen molar-refractivity contribution >= 4 is 33.2 Å². The van der Waals surface area contributed by atoms with Gasteiger partial charge in [-0.2, -0.15) is 0 Å². The third kappa shape index (κ3) is 1.70. The van der Waals surface area contributed by atoms with Gasteiger partial charge in [-0.3, -0.25) is 0 Å². The smallest absolute Gasteiger partial charge is 0.163 e. The van der Waals surface area contributed by atoms with E-state index in [2.05, 4.69) is 45.0 Å². The number of fused-ring (bicyclic) bond motifs is 2. The van der Waals surface area contributed by atoms with Crippen LogP contribution in [-0.4, -0.2) is 21.5 Å². The van der Waals surface area contributed by atoms with E-state index in [1.807, 2.05) is 6.92 Å². The number of rotatable bonds is 1. The Bertz CT molecular complexity index is 809. The first-order valence-electron chi connectivity index (χ1n) is 6.67. The van der Waals surface area contributed by atoms with Gasteiger partial charge in [0.2, 0.25) is 0 Å². The lowest BCUT2D eigenvalue weighted by Gasteiger charge is -2.18. The molecule has 5 heteroatoms. The number of nitrogens with zero attached hydrogens (tertiary/aromatic N) is 4. The van der Waals surface area contributed by atoms with Gasteiger partial charge in [0.25, 0.3) is 0 Å². The van der Waals surface area contributed by atoms with Crippen LogP contribution in [0.2, 0.25) is 0 Å². The maximum absolute atomic E-state index is 4.60. The molecule has 1 aliphatic rings. The topological polar surface area (TPSA) is 41.9 Å². The van der Waals surface area contributed by atoms with Crippen molar-refractivity contribution in [3.05, 3.63) is 40.7 Å². The molecule has 2 aromatic heterocycles. The van der Waals surface area contributed by atoms with Gasteiger partial charge in [0.15, 0.2) is 5.82 Å². The van der Waals surface area contributed by atoms with E-state index in [4.69, 9.17) is 0 Å². The molecule has 0 amide bonds. The first-order valence-corrected chi connectivity index (χ1v) is 7.49. The van der Waals surface area contributed by atoms with Gasteiger partial charge in [0.1, 0.15) is 16.7 Å². The van der Waals surface area contributed by atoms with Crippen LogP contribution in [0, 0.1) is 13.8 Å². The summed E-state index contributed by atoms with van der Waals surface area (Å²) in [5, 5.41) is 1.03. The molecule has 0 unspecified atom stereocenters. The highest BCUT2D eigenvalue weighted by atomic mass is 32.1. The molecule has 0 aliphatic carbocycles. The predicted molar refractivity (Wildman–Crippen MR) is 81.8 cm³/mol. The molecule has 1 aromatic carbocycles. The molecule has 0 saturated carbocycles. The fourth-order valence-corrected chi connectivity index (χ4v) is 3.54. The monoisotopic (exact) mass is 282 g/mol. The zero-order valence-corrected chi connectivity index (χ0v) is 12.2. The number of aromatic nitrogens is 3. The largest absolute Gasteiger partial charge is 0.324 e. The van der Waals surface area contributed by atoms with E-state index < -0.39 is 0 Å². The molecule has 20 heavy (non-hydrogen) atoms. The summed E-state index contributed by atoms with van der Waals surface area (Å²) in [6.45, 7) is 5.11. The molecule has 0 N–H and O–H groups in total. The number of benzene rings is 1. The molecular weight excluding hydrogens is 268 g/mol. The molecule has 0 saturated heterocycles. The summed E-state index contributed by atoms with van der Waals surface area (Å²) in [6, 6.07) is 6.60. The first kappa shape index (κ1) is 11.8. The second-order valence-electron chi connectivity index (χ2n) is 5.12. The van der Waals surface area contributed by atoms with Crippen molar-refractivity contribution in [1.29, 1.82) is 0 Å². The molecule has 3 aromatic rings. The second kappa shape index (κ2) is 4.24. The Kier molecular flexibility index (Phi) is 2.50. The van der Waals surface area contributed by atoms with Crippen LogP contribution in [-0.2, 0) is 6.42 Å². The van der Waals surface area contributed by atoms with E-state index in [9.17, 15) is 0 Å². The summed E-state index contributed by atoms with van der Waals surface area (Å²) < 4.78 is 0. The number of hydrogen-bond donors (Lipinski definition) is 0. The van der Waals surface area contributed by atoms with Gasteiger partial charge >= 0.3 is 0 Å². The first-order chi connectivity index (χ1) is 9.72. The van der Waals surface area contributed by atoms with Crippen LogP contribution in [0.5, 0.6) is 0 Å². The summed E-state index contributed by atoms with van der Waals surface area (Å²) >= 11 is 1.62. The van der Waals surface area contributed by atoms with Crippen LogP contribution < -0.4 is 4.90 Å². The molecule has 1 aliphatic heterocycles. The third-order valence-corrected chi connectivity index (χ3v) is 4.55. The minimum absolute atomic E-state index is 0.920. The Balaban J connectivity index is 1.90. The van der Waals surface area contributed by atoms with E-state index >= 15 is 0 Å². The van der Waals surface area contributed by atoms with E-state index in [1.165, 1.54) is 16.8 Å². The average Bonchev–Trinajstić information content (AvgIpc) is 2.99. The van der Waals surface area contributed by atoms with Crippen LogP contribution in [0.4, 0.5) is 11.5 Å². The summed E-state index contributed by atoms with van der Waals surface area (Å²) in [5.74, 6) is 0.932. The number of anilines is 2. The highest BCUT2D eigenvalue weighted by Gasteiger charge is 2.24. The van der Waals surface area contributed by atoms with Gasteiger partial charge < -0.3 is 4.90 Å². The molecule has 0 spiro atoms. The fraction of sp³-hybridized carbons (Fsp3) is 0.267. The minimum atomic E-state index is 0.920. The van der Waals surface area contributed by atoms with Crippen LogP contribution in [0.1, 0.15) is 16.1 Å². The fourth-order valence-electron chi connectivity index (χ4n) is 2.79. The number of thiazole rings is 1. The van der Waals surface area contributed by atoms with Crippen LogP contribution in [0.15, 0.2) is 24.5 Å². The van der Waals surface area contributed by atoms with E-state index in [0.717, 1.165) is 34.1 Å². The number of aryl methyl sites for hydroxylation is 2. The minimum Gasteiger partial charge on any atom is -0.324 e. The Morgan fingerprint density at radius 3 is 3.00 bits per heavy atom. The lowest BCUT2D eigenvalue weighted by atomic mass is 10.1. The highest BCUT2D eigenvalue weighted by molar-refractivity contribution is 7.18. The van der Waals surface area contributed by atoms with Crippen molar-refractivity contribution in [2.45, 2.75) is 20.3 Å². The zero-order chi connectivity index (χ0) is 13.7. The normalized spacial score (nSPS) is 14.0. The number of hydrogen-bond acceptors (Lipinski definition) is 5. The molecule has 0 radical (unpaired) electrons. The van der Waals surface area contributed by atoms with Gasteiger partial charge in [-0.25, -0.2) is 15.0 Å². The summed E-state index contributed by atoms with van der Waals surface area (Å²) in [5.41, 5.74) is 4.87. The summed E-state index contributed by atoms with van der Waals surface area (Å²) in [7, 11) is 0. The summed E-state index contributed by atoms with van der Waals surface area (Å²) in [6.07, 6.45) is 2.70. The molecule has 100 valence electrons. The average molecular weight is 282 g/mol. The van der Waals surface area contributed by atoms with Crippen molar-refractivity contribution in [3.8, 4) is 0 Å². The molecule has 0 atom stereocenters. The van der Waals surface area contributed by atoms with E-state index in [0.29, 0.717) is 0 Å². The van der Waals surface area contributed by atoms with Gasteiger partial charge in [-0.1, -0.05) is 29.0 Å². The quantitative estimate of drug-likeness (QED) is 0.686. The van der Waals surface area contributed by atoms with Gasteiger partial charge in [0.05, 0.1) is 5.01 Å². The van der Waals surface area contributed by atoms with Gasteiger partial charge in [-0.15, -0.1) is 0 Å². The van der Waals surface area contributed by atoms with E-state index in [1.54, 1.807) is 17.7 Å². The Morgan fingerprint density at radius 1 is 1.20 bits per heavy atom. The Labute approximate surface area is 121 Å². The van der Waals surface area contributed by atoms with Crippen molar-refractivity contribution < 1.29 is 0 Å². The predicted octanol–water partition coefficient (Wildman–Crippen LogP) is 3.40. The van der Waals surface area contributed by atoms with Crippen LogP contribution >= 0.6 is 11.3 Å². The molecule has 4 rings (SSSR count). The molecule has 0 bridgehead atoms. The molecule has 3 heterocycles. The maximum atomic E-state index is 4.60. The van der Waals surface area contributed by atoms with Crippen molar-refractivity contribution in [3.63, 3.8) is 0 Å². The van der Waals surface area contributed by atoms with Gasteiger partial charge in [-0.05, 0) is 31.9 Å². The van der Waals surface area contributed by atoms with Crippen molar-refractivity contribution in [2.24, 2.45) is 0 Å².